The van der Waals surface area contributed by atoms with Crippen LogP contribution >= 0.6 is 0 Å². The van der Waals surface area contributed by atoms with Crippen molar-refractivity contribution in [1.29, 1.82) is 0 Å². The van der Waals surface area contributed by atoms with Crippen molar-refractivity contribution in [3.05, 3.63) is 134 Å². The van der Waals surface area contributed by atoms with Gasteiger partial charge in [-0.25, -0.2) is 0 Å². The van der Waals surface area contributed by atoms with E-state index in [0.29, 0.717) is 19.3 Å². The van der Waals surface area contributed by atoms with Gasteiger partial charge in [0.15, 0.2) is 6.10 Å². The second kappa shape index (κ2) is 54.2. The molecule has 0 saturated heterocycles. The van der Waals surface area contributed by atoms with Gasteiger partial charge in [-0.1, -0.05) is 199 Å². The largest absolute Gasteiger partial charge is 0.462 e. The van der Waals surface area contributed by atoms with Crippen molar-refractivity contribution in [2.45, 2.75) is 219 Å². The Balaban J connectivity index is 4.62. The summed E-state index contributed by atoms with van der Waals surface area (Å²) in [7, 11) is 0. The van der Waals surface area contributed by atoms with Crippen LogP contribution in [0.15, 0.2) is 134 Å². The van der Waals surface area contributed by atoms with E-state index in [9.17, 15) is 14.4 Å². The quantitative estimate of drug-likeness (QED) is 0.0262. The lowest BCUT2D eigenvalue weighted by molar-refractivity contribution is -0.167. The molecule has 0 spiro atoms. The van der Waals surface area contributed by atoms with Crippen molar-refractivity contribution < 1.29 is 28.6 Å². The summed E-state index contributed by atoms with van der Waals surface area (Å²) in [5, 5.41) is 0. The van der Waals surface area contributed by atoms with Crippen LogP contribution in [0, 0.1) is 0 Å². The highest BCUT2D eigenvalue weighted by Gasteiger charge is 2.19. The fraction of sp³-hybridized carbons (Fsp3) is 0.590. The zero-order chi connectivity index (χ0) is 48.6. The van der Waals surface area contributed by atoms with Crippen LogP contribution in [-0.2, 0) is 28.6 Å². The maximum absolute atomic E-state index is 12.8. The Bertz CT molecular complexity index is 1480. The Kier molecular flexibility index (Phi) is 50.6. The van der Waals surface area contributed by atoms with Gasteiger partial charge in [0, 0.05) is 19.3 Å². The van der Waals surface area contributed by atoms with Crippen LogP contribution in [0.2, 0.25) is 0 Å². The predicted molar refractivity (Wildman–Crippen MR) is 288 cm³/mol. The molecular weight excluding hydrogens is 829 g/mol. The van der Waals surface area contributed by atoms with Crippen LogP contribution in [0.5, 0.6) is 0 Å². The Morgan fingerprint density at radius 3 is 0.970 bits per heavy atom. The Labute approximate surface area is 411 Å². The molecule has 0 unspecified atom stereocenters. The van der Waals surface area contributed by atoms with Gasteiger partial charge >= 0.3 is 17.9 Å². The number of carbonyl (C=O) groups is 3. The van der Waals surface area contributed by atoms with E-state index in [2.05, 4.69) is 154 Å². The molecule has 6 heteroatoms. The minimum absolute atomic E-state index is 0.130. The number of esters is 3. The summed E-state index contributed by atoms with van der Waals surface area (Å²) in [6, 6.07) is 0. The van der Waals surface area contributed by atoms with E-state index < -0.39 is 6.10 Å². The zero-order valence-electron chi connectivity index (χ0n) is 42.9. The SMILES string of the molecule is CC/C=C\C/C=C\C/C=C\C/C=C\C/C=C\CCCC(=O)OC[C@H](COC(=O)CCCCCCC/C=C\C/C=C\CCCCC)OC(=O)CCC/C=C\C/C=C\C/C=C\C/C=C\CCCCC. The van der Waals surface area contributed by atoms with E-state index in [1.54, 1.807) is 0 Å². The van der Waals surface area contributed by atoms with E-state index in [0.717, 1.165) is 109 Å². The summed E-state index contributed by atoms with van der Waals surface area (Å²) < 4.78 is 16.7. The third-order valence-electron chi connectivity index (χ3n) is 10.6. The van der Waals surface area contributed by atoms with Crippen LogP contribution in [0.25, 0.3) is 0 Å². The monoisotopic (exact) mass is 925 g/mol. The summed E-state index contributed by atoms with van der Waals surface area (Å²) in [4.78, 5) is 38.0. The number of hydrogen-bond donors (Lipinski definition) is 0. The first-order valence-corrected chi connectivity index (χ1v) is 26.7. The molecule has 0 radical (unpaired) electrons. The lowest BCUT2D eigenvalue weighted by Gasteiger charge is -2.18. The molecule has 1 atom stereocenters. The van der Waals surface area contributed by atoms with Gasteiger partial charge in [0.25, 0.3) is 0 Å². The van der Waals surface area contributed by atoms with Gasteiger partial charge in [-0.05, 0) is 128 Å². The summed E-state index contributed by atoms with van der Waals surface area (Å²) in [5.74, 6) is -1.07. The van der Waals surface area contributed by atoms with Gasteiger partial charge in [-0.2, -0.15) is 0 Å². The number of carbonyl (C=O) groups excluding carboxylic acids is 3. The average Bonchev–Trinajstić information content (AvgIpc) is 3.33. The first kappa shape index (κ1) is 62.5. The van der Waals surface area contributed by atoms with Gasteiger partial charge in [-0.3, -0.25) is 14.4 Å². The van der Waals surface area contributed by atoms with Gasteiger partial charge in [-0.15, -0.1) is 0 Å². The van der Waals surface area contributed by atoms with Crippen molar-refractivity contribution in [1.82, 2.24) is 0 Å². The lowest BCUT2D eigenvalue weighted by atomic mass is 10.1. The first-order chi connectivity index (χ1) is 33.0. The van der Waals surface area contributed by atoms with Crippen LogP contribution in [0.4, 0.5) is 0 Å². The second-order valence-electron chi connectivity index (χ2n) is 17.0. The maximum atomic E-state index is 12.8. The normalized spacial score (nSPS) is 13.2. The van der Waals surface area contributed by atoms with E-state index in [1.165, 1.54) is 51.4 Å². The van der Waals surface area contributed by atoms with Crippen molar-refractivity contribution in [3.8, 4) is 0 Å². The number of ether oxygens (including phenoxy) is 3. The highest BCUT2D eigenvalue weighted by molar-refractivity contribution is 5.71. The molecule has 0 aromatic heterocycles. The van der Waals surface area contributed by atoms with E-state index in [4.69, 9.17) is 14.2 Å². The topological polar surface area (TPSA) is 78.9 Å². The van der Waals surface area contributed by atoms with Gasteiger partial charge < -0.3 is 14.2 Å². The molecule has 6 nitrogen and oxygen atoms in total. The highest BCUT2D eigenvalue weighted by Crippen LogP contribution is 2.11. The summed E-state index contributed by atoms with van der Waals surface area (Å²) >= 11 is 0. The van der Waals surface area contributed by atoms with Crippen molar-refractivity contribution >= 4 is 17.9 Å². The van der Waals surface area contributed by atoms with Gasteiger partial charge in [0.2, 0.25) is 0 Å². The Hall–Kier alpha value is -4.45. The molecule has 0 heterocycles. The minimum Gasteiger partial charge on any atom is -0.462 e. The summed E-state index contributed by atoms with van der Waals surface area (Å²) in [6.07, 6.45) is 75.8. The smallest absolute Gasteiger partial charge is 0.306 e. The lowest BCUT2D eigenvalue weighted by Crippen LogP contribution is -2.30. The van der Waals surface area contributed by atoms with Crippen molar-refractivity contribution in [3.63, 3.8) is 0 Å². The van der Waals surface area contributed by atoms with Gasteiger partial charge in [0.1, 0.15) is 13.2 Å². The number of hydrogen-bond acceptors (Lipinski definition) is 6. The zero-order valence-corrected chi connectivity index (χ0v) is 42.9. The van der Waals surface area contributed by atoms with Crippen LogP contribution < -0.4 is 0 Å². The molecule has 0 aromatic carbocycles. The summed E-state index contributed by atoms with van der Waals surface area (Å²) in [6.45, 7) is 6.34. The molecule has 67 heavy (non-hydrogen) atoms. The molecule has 0 amide bonds. The Morgan fingerprint density at radius 1 is 0.313 bits per heavy atom. The van der Waals surface area contributed by atoms with E-state index in [-0.39, 0.29) is 44.0 Å². The molecule has 0 saturated carbocycles. The number of allylic oxidation sites excluding steroid dienone is 22. The van der Waals surface area contributed by atoms with Crippen LogP contribution in [0.1, 0.15) is 213 Å². The van der Waals surface area contributed by atoms with Crippen LogP contribution in [0.3, 0.4) is 0 Å². The third-order valence-corrected chi connectivity index (χ3v) is 10.6. The molecule has 0 aliphatic rings. The molecule has 0 fully saturated rings. The number of unbranched alkanes of at least 4 members (excludes halogenated alkanes) is 13. The highest BCUT2D eigenvalue weighted by atomic mass is 16.6. The molecule has 0 N–H and O–H groups in total. The fourth-order valence-electron chi connectivity index (χ4n) is 6.62. The number of rotatable bonds is 46. The van der Waals surface area contributed by atoms with Crippen molar-refractivity contribution in [2.75, 3.05) is 13.2 Å². The summed E-state index contributed by atoms with van der Waals surface area (Å²) in [5.41, 5.74) is 0. The fourth-order valence-corrected chi connectivity index (χ4v) is 6.62. The molecule has 0 bridgehead atoms. The predicted octanol–water partition coefficient (Wildman–Crippen LogP) is 17.9. The maximum Gasteiger partial charge on any atom is 0.306 e. The van der Waals surface area contributed by atoms with Crippen molar-refractivity contribution in [2.24, 2.45) is 0 Å². The third kappa shape index (κ3) is 52.4. The molecule has 376 valence electrons. The molecular formula is C61H96O6. The molecule has 0 rings (SSSR count). The average molecular weight is 925 g/mol. The molecule has 0 aromatic rings. The molecule has 0 aliphatic heterocycles. The minimum atomic E-state index is -0.840. The van der Waals surface area contributed by atoms with Crippen LogP contribution in [-0.4, -0.2) is 37.2 Å². The van der Waals surface area contributed by atoms with Gasteiger partial charge in [0.05, 0.1) is 0 Å². The second-order valence-corrected chi connectivity index (χ2v) is 17.0. The first-order valence-electron chi connectivity index (χ1n) is 26.7. The standard InChI is InChI=1S/C61H96O6/c1-4-7-10-13-16-19-22-25-28-30-33-36-39-42-45-48-51-54-60(63)66-57-58(56-65-59(62)53-50-47-44-41-38-35-32-27-24-21-18-15-12-9-6-3)67-61(64)55-52-49-46-43-40-37-34-31-29-26-23-20-17-14-11-8-5-2/h7,10,16-21,25-29,32-34,36-37,42-43,45-46,58H,4-6,8-9,11-15,22-24,30-31,35,38-41,44,47-57H2,1-3H3/b10-7-,19-16-,20-17-,21-18-,28-25-,29-26-,32-27-,36-33-,37-34-,45-42-,46-43-/t58-/m0/s1. The Morgan fingerprint density at radius 2 is 0.597 bits per heavy atom. The van der Waals surface area contributed by atoms with E-state index in [1.807, 2.05) is 0 Å². The van der Waals surface area contributed by atoms with E-state index >= 15 is 0 Å². The molecule has 0 aliphatic carbocycles.